The Morgan fingerprint density at radius 3 is 2.56 bits per heavy atom. The van der Waals surface area contributed by atoms with Gasteiger partial charge in [-0.2, -0.15) is 23.1 Å². The lowest BCUT2D eigenvalue weighted by Crippen LogP contribution is -2.64. The van der Waals surface area contributed by atoms with Gasteiger partial charge in [0.15, 0.2) is 0 Å². The van der Waals surface area contributed by atoms with Crippen molar-refractivity contribution in [2.75, 3.05) is 18.3 Å². The zero-order chi connectivity index (χ0) is 27.4. The van der Waals surface area contributed by atoms with Crippen molar-refractivity contribution in [1.82, 2.24) is 34.7 Å². The Kier molecular flexibility index (Phi) is 6.22. The van der Waals surface area contributed by atoms with Gasteiger partial charge in [0.2, 0.25) is 5.88 Å². The summed E-state index contributed by atoms with van der Waals surface area (Å²) in [4.78, 5) is 19.6. The Hall–Kier alpha value is -3.71. The second-order valence-corrected chi connectivity index (χ2v) is 10.7. The summed E-state index contributed by atoms with van der Waals surface area (Å²) in [5, 5.41) is 17.8. The van der Waals surface area contributed by atoms with Gasteiger partial charge in [0, 0.05) is 29.3 Å². The van der Waals surface area contributed by atoms with E-state index in [2.05, 4.69) is 34.9 Å². The first-order valence-corrected chi connectivity index (χ1v) is 12.9. The molecular weight excluding hydrogens is 513 g/mol. The summed E-state index contributed by atoms with van der Waals surface area (Å²) in [7, 11) is 0. The van der Waals surface area contributed by atoms with Crippen LogP contribution in [0, 0.1) is 0 Å². The highest BCUT2D eigenvalue weighted by Gasteiger charge is 2.37. The van der Waals surface area contributed by atoms with Crippen molar-refractivity contribution in [2.45, 2.75) is 63.5 Å². The smallest absolute Gasteiger partial charge is 0.433 e. The molecule has 13 heteroatoms. The molecule has 0 aromatic carbocycles. The summed E-state index contributed by atoms with van der Waals surface area (Å²) in [6, 6.07) is 4.58. The van der Waals surface area contributed by atoms with Gasteiger partial charge in [0.05, 0.1) is 37.0 Å². The van der Waals surface area contributed by atoms with Gasteiger partial charge >= 0.3 is 6.18 Å². The lowest BCUT2D eigenvalue weighted by Gasteiger charge is -2.48. The lowest BCUT2D eigenvalue weighted by atomic mass is 9.91. The first kappa shape index (κ1) is 25.6. The van der Waals surface area contributed by atoms with E-state index in [4.69, 9.17) is 4.74 Å². The molecule has 10 nitrogen and oxygen atoms in total. The highest BCUT2D eigenvalue weighted by molar-refractivity contribution is 5.89. The van der Waals surface area contributed by atoms with Crippen LogP contribution >= 0.6 is 0 Å². The molecule has 0 radical (unpaired) electrons. The zero-order valence-electron chi connectivity index (χ0n) is 21.6. The maximum Gasteiger partial charge on any atom is 0.433 e. The average molecular weight is 543 g/mol. The minimum absolute atomic E-state index is 0.101. The number of halogens is 3. The van der Waals surface area contributed by atoms with Gasteiger partial charge in [-0.25, -0.2) is 15.0 Å². The summed E-state index contributed by atoms with van der Waals surface area (Å²) in [5.74, 6) is -0.101. The Labute approximate surface area is 222 Å². The third-order valence-electron chi connectivity index (χ3n) is 7.42. The molecule has 0 spiro atoms. The molecule has 1 saturated heterocycles. The predicted molar refractivity (Wildman–Crippen MR) is 136 cm³/mol. The number of ether oxygens (including phenoxy) is 1. The van der Waals surface area contributed by atoms with Crippen LogP contribution in [0.3, 0.4) is 0 Å². The van der Waals surface area contributed by atoms with Crippen molar-refractivity contribution in [3.05, 3.63) is 54.4 Å². The van der Waals surface area contributed by atoms with Crippen molar-refractivity contribution >= 4 is 11.0 Å². The normalized spacial score (nSPS) is 20.8. The minimum atomic E-state index is -4.63. The van der Waals surface area contributed by atoms with Gasteiger partial charge in [0.1, 0.15) is 23.8 Å². The molecule has 0 bridgehead atoms. The predicted octanol–water partition coefficient (Wildman–Crippen LogP) is 4.02. The van der Waals surface area contributed by atoms with E-state index in [1.54, 1.807) is 6.20 Å². The van der Waals surface area contributed by atoms with E-state index in [0.717, 1.165) is 54.5 Å². The highest BCUT2D eigenvalue weighted by Crippen LogP contribution is 2.35. The standard InChI is InChI=1S/C26H29F3N8O2/c1-25(2,38)17-9-21(26(27,28)29)34-22(10-17)39-19-5-3-18(4-6-19)35-14-36(15-35)37-12-16(11-33-37)23-20-7-8-30-24(20)32-13-31-23/h7-13,18-19,38H,3-6,14-15H2,1-2H3,(H,30,31,32). The van der Waals surface area contributed by atoms with Crippen LogP contribution in [0.1, 0.15) is 50.8 Å². The first-order chi connectivity index (χ1) is 18.5. The van der Waals surface area contributed by atoms with Gasteiger partial charge in [-0.15, -0.1) is 0 Å². The fraction of sp³-hybridized carbons (Fsp3) is 0.462. The largest absolute Gasteiger partial charge is 0.474 e. The number of alkyl halides is 3. The van der Waals surface area contributed by atoms with E-state index >= 15 is 0 Å². The maximum absolute atomic E-state index is 13.4. The van der Waals surface area contributed by atoms with Gasteiger partial charge in [0.25, 0.3) is 0 Å². The Morgan fingerprint density at radius 1 is 1.08 bits per heavy atom. The Morgan fingerprint density at radius 2 is 1.85 bits per heavy atom. The molecule has 4 aromatic heterocycles. The van der Waals surface area contributed by atoms with E-state index in [1.165, 1.54) is 26.2 Å². The van der Waals surface area contributed by atoms with Crippen LogP contribution in [-0.4, -0.2) is 65.3 Å². The molecule has 1 aliphatic carbocycles. The number of H-pyrrole nitrogens is 1. The molecule has 0 unspecified atom stereocenters. The van der Waals surface area contributed by atoms with Crippen LogP contribution in [0.2, 0.25) is 0 Å². The molecule has 6 rings (SSSR count). The Balaban J connectivity index is 1.04. The molecular formula is C26H29F3N8O2. The molecule has 1 saturated carbocycles. The topological polar surface area (TPSA) is 108 Å². The Bertz CT molecular complexity index is 1430. The third kappa shape index (κ3) is 5.15. The SMILES string of the molecule is CC(C)(O)c1cc(OC2CCC(N3CN(n4cc(-c5ncnc6[nH]ccc56)cn4)C3)CC2)nc(C(F)(F)F)c1. The number of fused-ring (bicyclic) bond motifs is 1. The monoisotopic (exact) mass is 542 g/mol. The van der Waals surface area contributed by atoms with E-state index in [1.807, 2.05) is 23.3 Å². The third-order valence-corrected chi connectivity index (χ3v) is 7.42. The molecule has 2 N–H and O–H groups in total. The molecule has 206 valence electrons. The van der Waals surface area contributed by atoms with Crippen LogP contribution in [0.25, 0.3) is 22.3 Å². The number of aromatic amines is 1. The summed E-state index contributed by atoms with van der Waals surface area (Å²) in [6.07, 6.45) is 5.43. The van der Waals surface area contributed by atoms with Crippen LogP contribution in [-0.2, 0) is 11.8 Å². The van der Waals surface area contributed by atoms with E-state index in [-0.39, 0.29) is 17.5 Å². The van der Waals surface area contributed by atoms with Crippen molar-refractivity contribution in [1.29, 1.82) is 0 Å². The van der Waals surface area contributed by atoms with Gasteiger partial charge in [-0.3, -0.25) is 9.91 Å². The maximum atomic E-state index is 13.4. The molecule has 1 aliphatic heterocycles. The second-order valence-electron chi connectivity index (χ2n) is 10.7. The molecule has 5 heterocycles. The lowest BCUT2D eigenvalue weighted by molar-refractivity contribution is -0.141. The van der Waals surface area contributed by atoms with Crippen molar-refractivity contribution in [3.8, 4) is 17.1 Å². The van der Waals surface area contributed by atoms with Gasteiger partial charge in [-0.05, 0) is 57.2 Å². The zero-order valence-corrected chi connectivity index (χ0v) is 21.6. The van der Waals surface area contributed by atoms with Crippen LogP contribution in [0.5, 0.6) is 5.88 Å². The van der Waals surface area contributed by atoms with Gasteiger partial charge < -0.3 is 14.8 Å². The van der Waals surface area contributed by atoms with Crippen molar-refractivity contribution in [2.24, 2.45) is 0 Å². The molecule has 0 amide bonds. The van der Waals surface area contributed by atoms with Crippen LogP contribution in [0.4, 0.5) is 13.2 Å². The summed E-state index contributed by atoms with van der Waals surface area (Å²) in [5.41, 5.74) is 0.130. The molecule has 39 heavy (non-hydrogen) atoms. The van der Waals surface area contributed by atoms with Crippen LogP contribution < -0.4 is 9.75 Å². The van der Waals surface area contributed by atoms with E-state index in [0.29, 0.717) is 18.9 Å². The minimum Gasteiger partial charge on any atom is -0.474 e. The quantitative estimate of drug-likeness (QED) is 0.376. The van der Waals surface area contributed by atoms with E-state index in [9.17, 15) is 18.3 Å². The molecule has 2 aliphatic rings. The van der Waals surface area contributed by atoms with Crippen LogP contribution in [0.15, 0.2) is 43.1 Å². The highest BCUT2D eigenvalue weighted by atomic mass is 19.4. The number of nitrogens with one attached hydrogen (secondary N) is 1. The average Bonchev–Trinajstić information content (AvgIpc) is 3.53. The van der Waals surface area contributed by atoms with E-state index < -0.39 is 17.5 Å². The number of nitrogens with zero attached hydrogens (tertiary/aromatic N) is 7. The first-order valence-electron chi connectivity index (χ1n) is 12.9. The molecule has 0 atom stereocenters. The van der Waals surface area contributed by atoms with Crippen molar-refractivity contribution < 1.29 is 23.0 Å². The summed E-state index contributed by atoms with van der Waals surface area (Å²) < 4.78 is 46.0. The number of aromatic nitrogens is 6. The summed E-state index contributed by atoms with van der Waals surface area (Å²) >= 11 is 0. The molecule has 4 aromatic rings. The number of hydrogen-bond acceptors (Lipinski definition) is 8. The number of hydrogen-bond donors (Lipinski definition) is 2. The fourth-order valence-electron chi connectivity index (χ4n) is 5.19. The molecule has 2 fully saturated rings. The number of rotatable bonds is 6. The number of aliphatic hydroxyl groups is 1. The number of pyridine rings is 1. The van der Waals surface area contributed by atoms with Gasteiger partial charge in [-0.1, -0.05) is 0 Å². The fourth-order valence-corrected chi connectivity index (χ4v) is 5.19. The van der Waals surface area contributed by atoms with Crippen molar-refractivity contribution in [3.63, 3.8) is 0 Å². The summed E-state index contributed by atoms with van der Waals surface area (Å²) in [6.45, 7) is 4.33. The second kappa shape index (κ2) is 9.49.